The van der Waals surface area contributed by atoms with E-state index in [0.29, 0.717) is 22.4 Å². The molecule has 4 aliphatic carbocycles. The van der Waals surface area contributed by atoms with Crippen LogP contribution in [0.25, 0.3) is 0 Å². The predicted octanol–water partition coefficient (Wildman–Crippen LogP) is 5.67. The molecule has 1 aliphatic heterocycles. The number of likely N-dealkylation sites (tertiary alicyclic amines) is 1. The Balaban J connectivity index is 1.33. The van der Waals surface area contributed by atoms with Crippen LogP contribution in [0, 0.1) is 16.7 Å². The number of rotatable bonds is 5. The van der Waals surface area contributed by atoms with Crippen molar-refractivity contribution in [1.29, 1.82) is 0 Å². The van der Waals surface area contributed by atoms with E-state index >= 15 is 0 Å². The first-order chi connectivity index (χ1) is 13.3. The van der Waals surface area contributed by atoms with E-state index in [1.165, 1.54) is 64.3 Å². The van der Waals surface area contributed by atoms with Crippen LogP contribution in [-0.2, 0) is 0 Å². The fourth-order valence-corrected chi connectivity index (χ4v) is 8.77. The van der Waals surface area contributed by atoms with Gasteiger partial charge in [-0.15, -0.1) is 0 Å². The zero-order chi connectivity index (χ0) is 19.6. The van der Waals surface area contributed by atoms with Crippen molar-refractivity contribution in [3.05, 3.63) is 24.3 Å². The molecular weight excluding hydrogens is 342 g/mol. The van der Waals surface area contributed by atoms with Gasteiger partial charge in [0, 0.05) is 17.6 Å². The van der Waals surface area contributed by atoms with E-state index in [4.69, 9.17) is 5.73 Å². The Morgan fingerprint density at radius 3 is 2.50 bits per heavy atom. The van der Waals surface area contributed by atoms with Crippen molar-refractivity contribution in [3.8, 4) is 0 Å². The summed E-state index contributed by atoms with van der Waals surface area (Å²) in [6, 6.07) is 9.38. The second kappa shape index (κ2) is 6.39. The van der Waals surface area contributed by atoms with Gasteiger partial charge in [-0.25, -0.2) is 0 Å². The molecule has 3 N–H and O–H groups in total. The average molecular weight is 382 g/mol. The zero-order valence-corrected chi connectivity index (χ0v) is 18.1. The molecule has 1 heterocycles. The number of nitrogens with two attached hydrogens (primary N) is 1. The van der Waals surface area contributed by atoms with Gasteiger partial charge in [0.15, 0.2) is 0 Å². The highest BCUT2D eigenvalue weighted by Gasteiger charge is 2.62. The van der Waals surface area contributed by atoms with Gasteiger partial charge < -0.3 is 11.1 Å². The maximum atomic E-state index is 6.16. The third kappa shape index (κ3) is 3.14. The summed E-state index contributed by atoms with van der Waals surface area (Å²) in [6.07, 6.45) is 12.8. The Bertz CT molecular complexity index is 725. The van der Waals surface area contributed by atoms with E-state index in [9.17, 15) is 0 Å². The van der Waals surface area contributed by atoms with Crippen molar-refractivity contribution in [2.45, 2.75) is 96.2 Å². The highest BCUT2D eigenvalue weighted by molar-refractivity contribution is 5.65. The van der Waals surface area contributed by atoms with Gasteiger partial charge in [0.2, 0.25) is 0 Å². The van der Waals surface area contributed by atoms with E-state index in [1.807, 2.05) is 12.1 Å². The molecule has 6 atom stereocenters. The van der Waals surface area contributed by atoms with Crippen molar-refractivity contribution in [2.75, 3.05) is 17.6 Å². The predicted molar refractivity (Wildman–Crippen MR) is 118 cm³/mol. The van der Waals surface area contributed by atoms with Crippen LogP contribution in [0.2, 0.25) is 0 Å². The fraction of sp³-hybridized carbons (Fsp3) is 0.760. The monoisotopic (exact) mass is 381 g/mol. The topological polar surface area (TPSA) is 41.3 Å². The summed E-state index contributed by atoms with van der Waals surface area (Å²) in [5.74, 6) is 0.979. The molecule has 3 heteroatoms. The van der Waals surface area contributed by atoms with Gasteiger partial charge in [0.1, 0.15) is 0 Å². The lowest BCUT2D eigenvalue weighted by atomic mass is 9.42. The average Bonchev–Trinajstić information content (AvgIpc) is 3.02. The number of nitrogens with zero attached hydrogens (tertiary/aromatic N) is 1. The van der Waals surface area contributed by atoms with Crippen LogP contribution < -0.4 is 11.1 Å². The first-order valence-electron chi connectivity index (χ1n) is 11.7. The molecule has 5 aliphatic rings. The SMILES string of the molecule is C[C@@H](C[C@@H]1CCCN1C12CC3CC(C)(C1)C[C@](C)(C3)C2)Nc1ccccc1N. The molecule has 1 aromatic carbocycles. The van der Waals surface area contributed by atoms with Crippen molar-refractivity contribution < 1.29 is 0 Å². The highest BCUT2D eigenvalue weighted by atomic mass is 15.3. The number of hydrogen-bond acceptors (Lipinski definition) is 3. The van der Waals surface area contributed by atoms with Gasteiger partial charge in [-0.3, -0.25) is 4.90 Å². The van der Waals surface area contributed by atoms with E-state index in [2.05, 4.69) is 43.1 Å². The van der Waals surface area contributed by atoms with Gasteiger partial charge in [-0.1, -0.05) is 26.0 Å². The number of nitrogens with one attached hydrogen (secondary N) is 1. The minimum atomic E-state index is 0.454. The number of nitrogen functional groups attached to an aromatic ring is 1. The maximum Gasteiger partial charge on any atom is 0.0575 e. The number of benzene rings is 1. The molecule has 4 bridgehead atoms. The van der Waals surface area contributed by atoms with Crippen molar-refractivity contribution in [1.82, 2.24) is 4.90 Å². The molecule has 1 saturated heterocycles. The van der Waals surface area contributed by atoms with Crippen LogP contribution in [0.3, 0.4) is 0 Å². The normalized spacial score (nSPS) is 43.4. The van der Waals surface area contributed by atoms with Crippen LogP contribution in [0.4, 0.5) is 11.4 Å². The second-order valence-electron chi connectivity index (χ2n) is 11.7. The zero-order valence-electron chi connectivity index (χ0n) is 18.1. The summed E-state index contributed by atoms with van der Waals surface area (Å²) in [5.41, 5.74) is 9.81. The van der Waals surface area contributed by atoms with Crippen LogP contribution >= 0.6 is 0 Å². The third-order valence-electron chi connectivity index (χ3n) is 8.57. The summed E-state index contributed by atoms with van der Waals surface area (Å²) >= 11 is 0. The van der Waals surface area contributed by atoms with Crippen molar-refractivity contribution in [2.24, 2.45) is 16.7 Å². The molecule has 0 aromatic heterocycles. The van der Waals surface area contributed by atoms with Crippen LogP contribution in [0.5, 0.6) is 0 Å². The lowest BCUT2D eigenvalue weighted by Crippen LogP contribution is -2.66. The van der Waals surface area contributed by atoms with Gasteiger partial charge in [-0.2, -0.15) is 0 Å². The molecule has 5 fully saturated rings. The van der Waals surface area contributed by atoms with Crippen LogP contribution in [0.15, 0.2) is 24.3 Å². The van der Waals surface area contributed by atoms with Gasteiger partial charge >= 0.3 is 0 Å². The maximum absolute atomic E-state index is 6.16. The molecule has 0 amide bonds. The van der Waals surface area contributed by atoms with Gasteiger partial charge in [0.05, 0.1) is 11.4 Å². The number of para-hydroxylation sites is 2. The Morgan fingerprint density at radius 1 is 1.11 bits per heavy atom. The van der Waals surface area contributed by atoms with Crippen LogP contribution in [-0.4, -0.2) is 29.1 Å². The Kier molecular flexibility index (Phi) is 4.29. The number of anilines is 2. The Labute approximate surface area is 171 Å². The Hall–Kier alpha value is -1.22. The Morgan fingerprint density at radius 2 is 1.82 bits per heavy atom. The first-order valence-corrected chi connectivity index (χ1v) is 11.7. The molecule has 1 aromatic rings. The molecule has 4 saturated carbocycles. The molecule has 0 radical (unpaired) electrons. The number of hydrogen-bond donors (Lipinski definition) is 2. The van der Waals surface area contributed by atoms with E-state index < -0.39 is 0 Å². The minimum absolute atomic E-state index is 0.454. The largest absolute Gasteiger partial charge is 0.397 e. The molecule has 154 valence electrons. The molecule has 3 unspecified atom stereocenters. The fourth-order valence-electron chi connectivity index (χ4n) is 8.77. The molecule has 3 nitrogen and oxygen atoms in total. The van der Waals surface area contributed by atoms with E-state index in [1.54, 1.807) is 0 Å². The highest BCUT2D eigenvalue weighted by Crippen LogP contribution is 2.68. The lowest BCUT2D eigenvalue weighted by molar-refractivity contribution is -0.165. The van der Waals surface area contributed by atoms with Gasteiger partial charge in [0.25, 0.3) is 0 Å². The minimum Gasteiger partial charge on any atom is -0.397 e. The van der Waals surface area contributed by atoms with E-state index in [-0.39, 0.29) is 0 Å². The standard InChI is InChI=1S/C25H39N3/c1-18(27-22-9-5-4-8-21(22)26)11-20-7-6-10-28(20)25-14-19-12-23(2,16-25)15-24(3,13-19)17-25/h4-5,8-9,18-20,27H,6-7,10-17,26H2,1-3H3/t18-,19?,20-,23-,24?,25?/m0/s1. The summed E-state index contributed by atoms with van der Waals surface area (Å²) < 4.78 is 0. The molecular formula is C25H39N3. The molecule has 0 spiro atoms. The summed E-state index contributed by atoms with van der Waals surface area (Å²) in [4.78, 5) is 3.01. The third-order valence-corrected chi connectivity index (χ3v) is 8.57. The summed E-state index contributed by atoms with van der Waals surface area (Å²) in [6.45, 7) is 8.88. The van der Waals surface area contributed by atoms with Crippen molar-refractivity contribution >= 4 is 11.4 Å². The van der Waals surface area contributed by atoms with E-state index in [0.717, 1.165) is 23.3 Å². The smallest absolute Gasteiger partial charge is 0.0575 e. The quantitative estimate of drug-likeness (QED) is 0.645. The van der Waals surface area contributed by atoms with Crippen LogP contribution in [0.1, 0.15) is 78.6 Å². The summed E-state index contributed by atoms with van der Waals surface area (Å²) in [7, 11) is 0. The summed E-state index contributed by atoms with van der Waals surface area (Å²) in [5, 5.41) is 3.69. The van der Waals surface area contributed by atoms with Crippen molar-refractivity contribution in [3.63, 3.8) is 0 Å². The first kappa shape index (κ1) is 18.8. The molecule has 28 heavy (non-hydrogen) atoms. The lowest BCUT2D eigenvalue weighted by Gasteiger charge is -2.68. The second-order valence-corrected chi connectivity index (χ2v) is 11.7. The van der Waals surface area contributed by atoms with Gasteiger partial charge in [-0.05, 0) is 100 Å². The molecule has 6 rings (SSSR count).